The predicted molar refractivity (Wildman–Crippen MR) is 66.9 cm³/mol. The Morgan fingerprint density at radius 3 is 3.11 bits per heavy atom. The third-order valence-corrected chi connectivity index (χ3v) is 3.28. The number of rotatable bonds is 4. The lowest BCUT2D eigenvalue weighted by Gasteiger charge is -2.32. The number of carbonyl (C=O) groups is 1. The van der Waals surface area contributed by atoms with Gasteiger partial charge >= 0.3 is 0 Å². The number of H-pyrrole nitrogens is 1. The molecule has 1 aliphatic rings. The highest BCUT2D eigenvalue weighted by Gasteiger charge is 2.30. The number of hydrogen-bond donors (Lipinski definition) is 3. The topological polar surface area (TPSA) is 81.2 Å². The van der Waals surface area contributed by atoms with Gasteiger partial charge in [0.2, 0.25) is 5.91 Å². The average molecular weight is 252 g/mol. The zero-order valence-corrected chi connectivity index (χ0v) is 10.8. The first kappa shape index (κ1) is 13.0. The van der Waals surface area contributed by atoms with Gasteiger partial charge in [0.25, 0.3) is 0 Å². The van der Waals surface area contributed by atoms with E-state index in [1.54, 1.807) is 11.2 Å². The zero-order valence-electron chi connectivity index (χ0n) is 10.8. The number of imidazole rings is 1. The minimum absolute atomic E-state index is 0.00963. The maximum absolute atomic E-state index is 12.4. The molecule has 0 fully saturated rings. The highest BCUT2D eigenvalue weighted by atomic mass is 16.3. The minimum atomic E-state index is -0.241. The molecule has 1 atom stereocenters. The van der Waals surface area contributed by atoms with Crippen molar-refractivity contribution in [3.8, 4) is 0 Å². The Morgan fingerprint density at radius 1 is 1.67 bits per heavy atom. The largest absolute Gasteiger partial charge is 0.395 e. The second-order valence-corrected chi connectivity index (χ2v) is 4.81. The maximum atomic E-state index is 12.4. The van der Waals surface area contributed by atoms with Crippen molar-refractivity contribution in [3.05, 3.63) is 17.7 Å². The number of aliphatic hydroxyl groups is 1. The van der Waals surface area contributed by atoms with Crippen LogP contribution in [0.25, 0.3) is 0 Å². The summed E-state index contributed by atoms with van der Waals surface area (Å²) in [6.07, 6.45) is 2.26. The van der Waals surface area contributed by atoms with Gasteiger partial charge < -0.3 is 15.0 Å². The van der Waals surface area contributed by atoms with Crippen LogP contribution in [-0.4, -0.2) is 51.1 Å². The molecule has 6 heteroatoms. The highest BCUT2D eigenvalue weighted by Crippen LogP contribution is 2.14. The number of fused-ring (bicyclic) bond motifs is 1. The lowest BCUT2D eigenvalue weighted by Crippen LogP contribution is -2.52. The summed E-state index contributed by atoms with van der Waals surface area (Å²) in [7, 11) is 0. The predicted octanol–water partition coefficient (Wildman–Crippen LogP) is -0.347. The van der Waals surface area contributed by atoms with Gasteiger partial charge in [-0.05, 0) is 13.8 Å². The summed E-state index contributed by atoms with van der Waals surface area (Å²) in [5.41, 5.74) is 2.01. The van der Waals surface area contributed by atoms with E-state index in [0.717, 1.165) is 11.4 Å². The number of aromatic amines is 1. The first-order valence-corrected chi connectivity index (χ1v) is 6.29. The van der Waals surface area contributed by atoms with Gasteiger partial charge in [0.05, 0.1) is 30.4 Å². The van der Waals surface area contributed by atoms with Crippen LogP contribution in [0.15, 0.2) is 6.33 Å². The van der Waals surface area contributed by atoms with Crippen LogP contribution in [0.5, 0.6) is 0 Å². The quantitative estimate of drug-likeness (QED) is 0.684. The van der Waals surface area contributed by atoms with E-state index in [-0.39, 0.29) is 24.6 Å². The molecule has 6 nitrogen and oxygen atoms in total. The van der Waals surface area contributed by atoms with Gasteiger partial charge in [0, 0.05) is 25.6 Å². The molecular formula is C12H20N4O2. The average Bonchev–Trinajstić information content (AvgIpc) is 2.81. The van der Waals surface area contributed by atoms with Crippen molar-refractivity contribution in [2.24, 2.45) is 0 Å². The van der Waals surface area contributed by atoms with Gasteiger partial charge in [-0.15, -0.1) is 0 Å². The molecule has 1 aromatic heterocycles. The lowest BCUT2D eigenvalue weighted by atomic mass is 10.0. The maximum Gasteiger partial charge on any atom is 0.240 e. The normalized spacial score (nSPS) is 18.8. The van der Waals surface area contributed by atoms with Crippen molar-refractivity contribution in [2.45, 2.75) is 38.9 Å². The number of aromatic nitrogens is 2. The molecule has 0 saturated heterocycles. The van der Waals surface area contributed by atoms with Gasteiger partial charge in [0.15, 0.2) is 0 Å². The summed E-state index contributed by atoms with van der Waals surface area (Å²) >= 11 is 0. The summed E-state index contributed by atoms with van der Waals surface area (Å²) in [4.78, 5) is 21.4. The first-order valence-electron chi connectivity index (χ1n) is 6.29. The molecule has 2 rings (SSSR count). The van der Waals surface area contributed by atoms with Crippen molar-refractivity contribution >= 4 is 5.91 Å². The van der Waals surface area contributed by atoms with Crippen molar-refractivity contribution in [1.29, 1.82) is 0 Å². The number of carbonyl (C=O) groups excluding carboxylic acids is 1. The van der Waals surface area contributed by atoms with Gasteiger partial charge in [-0.1, -0.05) is 0 Å². The van der Waals surface area contributed by atoms with Crippen LogP contribution >= 0.6 is 0 Å². The van der Waals surface area contributed by atoms with Crippen LogP contribution < -0.4 is 5.32 Å². The molecular weight excluding hydrogens is 232 g/mol. The fourth-order valence-corrected chi connectivity index (χ4v) is 2.27. The van der Waals surface area contributed by atoms with Crippen LogP contribution in [-0.2, 0) is 17.8 Å². The SMILES string of the molecule is CC(C)N(CCO)C(=O)C1Cc2nc[nH]c2CN1. The lowest BCUT2D eigenvalue weighted by molar-refractivity contribution is -0.136. The standard InChI is InChI=1S/C12H20N4O2/c1-8(2)16(3-4-17)12(18)10-5-9-11(6-13-10)15-7-14-9/h7-8,10,13,17H,3-6H2,1-2H3,(H,14,15). The molecule has 0 radical (unpaired) electrons. The molecule has 0 aromatic carbocycles. The van der Waals surface area contributed by atoms with E-state index >= 15 is 0 Å². The molecule has 0 saturated carbocycles. The Balaban J connectivity index is 2.06. The summed E-state index contributed by atoms with van der Waals surface area (Å²) in [6.45, 7) is 4.91. The molecule has 0 aliphatic carbocycles. The molecule has 1 aliphatic heterocycles. The summed E-state index contributed by atoms with van der Waals surface area (Å²) < 4.78 is 0. The van der Waals surface area contributed by atoms with Gasteiger partial charge in [-0.25, -0.2) is 4.98 Å². The molecule has 100 valence electrons. The van der Waals surface area contributed by atoms with E-state index in [1.807, 2.05) is 13.8 Å². The van der Waals surface area contributed by atoms with Crippen LogP contribution in [0.3, 0.4) is 0 Å². The molecule has 1 aromatic rings. The smallest absolute Gasteiger partial charge is 0.240 e. The van der Waals surface area contributed by atoms with E-state index in [0.29, 0.717) is 19.5 Å². The molecule has 1 amide bonds. The first-order chi connectivity index (χ1) is 8.63. The van der Waals surface area contributed by atoms with Crippen molar-refractivity contribution in [2.75, 3.05) is 13.2 Å². The van der Waals surface area contributed by atoms with Gasteiger partial charge in [-0.3, -0.25) is 10.1 Å². The van der Waals surface area contributed by atoms with Crippen molar-refractivity contribution < 1.29 is 9.90 Å². The number of nitrogens with one attached hydrogen (secondary N) is 2. The molecule has 0 bridgehead atoms. The number of aliphatic hydroxyl groups excluding tert-OH is 1. The number of hydrogen-bond acceptors (Lipinski definition) is 4. The molecule has 2 heterocycles. The van der Waals surface area contributed by atoms with E-state index in [4.69, 9.17) is 5.11 Å². The molecule has 0 spiro atoms. The molecule has 18 heavy (non-hydrogen) atoms. The van der Waals surface area contributed by atoms with E-state index in [9.17, 15) is 4.79 Å². The third kappa shape index (κ3) is 2.54. The van der Waals surface area contributed by atoms with Crippen LogP contribution in [0.2, 0.25) is 0 Å². The highest BCUT2D eigenvalue weighted by molar-refractivity contribution is 5.82. The van der Waals surface area contributed by atoms with Crippen molar-refractivity contribution in [1.82, 2.24) is 20.2 Å². The summed E-state index contributed by atoms with van der Waals surface area (Å²) in [5.74, 6) is 0.0349. The Kier molecular flexibility index (Phi) is 3.98. The Bertz CT molecular complexity index is 416. The zero-order chi connectivity index (χ0) is 13.1. The Labute approximate surface area is 106 Å². The Morgan fingerprint density at radius 2 is 2.44 bits per heavy atom. The van der Waals surface area contributed by atoms with E-state index < -0.39 is 0 Å². The second kappa shape index (κ2) is 5.49. The fraction of sp³-hybridized carbons (Fsp3) is 0.667. The van der Waals surface area contributed by atoms with Crippen LogP contribution in [0, 0.1) is 0 Å². The van der Waals surface area contributed by atoms with Crippen LogP contribution in [0.1, 0.15) is 25.2 Å². The third-order valence-electron chi connectivity index (χ3n) is 3.28. The number of amides is 1. The summed E-state index contributed by atoms with van der Waals surface area (Å²) in [6, 6.07) is -0.151. The van der Waals surface area contributed by atoms with Crippen LogP contribution in [0.4, 0.5) is 0 Å². The van der Waals surface area contributed by atoms with Gasteiger partial charge in [-0.2, -0.15) is 0 Å². The Hall–Kier alpha value is -1.40. The van der Waals surface area contributed by atoms with Crippen molar-refractivity contribution in [3.63, 3.8) is 0 Å². The van der Waals surface area contributed by atoms with E-state index in [2.05, 4.69) is 15.3 Å². The summed E-state index contributed by atoms with van der Waals surface area (Å²) in [5, 5.41) is 12.2. The number of nitrogens with zero attached hydrogens (tertiary/aromatic N) is 2. The minimum Gasteiger partial charge on any atom is -0.395 e. The van der Waals surface area contributed by atoms with E-state index in [1.165, 1.54) is 0 Å². The molecule has 1 unspecified atom stereocenters. The molecule has 3 N–H and O–H groups in total. The fourth-order valence-electron chi connectivity index (χ4n) is 2.27. The second-order valence-electron chi connectivity index (χ2n) is 4.81. The monoisotopic (exact) mass is 252 g/mol. The van der Waals surface area contributed by atoms with Gasteiger partial charge in [0.1, 0.15) is 0 Å².